The monoisotopic (exact) mass is 424 g/mol. The van der Waals surface area contributed by atoms with Gasteiger partial charge in [-0.15, -0.1) is 0 Å². The second kappa shape index (κ2) is 9.30. The van der Waals surface area contributed by atoms with Gasteiger partial charge >= 0.3 is 0 Å². The second-order valence-electron chi connectivity index (χ2n) is 6.22. The Hall–Kier alpha value is -0.960. The van der Waals surface area contributed by atoms with Crippen molar-refractivity contribution >= 4 is 68.4 Å². The van der Waals surface area contributed by atoms with Gasteiger partial charge in [-0.3, -0.25) is 19.4 Å². The van der Waals surface area contributed by atoms with Crippen LogP contribution in [0.15, 0.2) is 24.3 Å². The van der Waals surface area contributed by atoms with Crippen LogP contribution in [0.25, 0.3) is 0 Å². The minimum absolute atomic E-state index is 0.141. The quantitative estimate of drug-likeness (QED) is 0.681. The predicted octanol–water partition coefficient (Wildman–Crippen LogP) is 3.97. The first-order valence-corrected chi connectivity index (χ1v) is 11.4. The van der Waals surface area contributed by atoms with E-state index in [9.17, 15) is 9.59 Å². The van der Waals surface area contributed by atoms with Gasteiger partial charge in [0.25, 0.3) is 0 Å². The first-order chi connectivity index (χ1) is 12.5. The normalized spacial score (nSPS) is 17.2. The largest absolute Gasteiger partial charge is 0.298 e. The standard InChI is InChI=1S/C18H20N2O2S4/c21-15-3-1-9-19(15)17(23)25-11-13-5-7-14(8-6-13)12-26-18(24)20-10-2-4-16(20)22/h5-8H,1-4,9-12H2. The van der Waals surface area contributed by atoms with Gasteiger partial charge in [-0.05, 0) is 24.0 Å². The van der Waals surface area contributed by atoms with Crippen LogP contribution in [0.4, 0.5) is 0 Å². The molecule has 1 aromatic carbocycles. The molecule has 2 aliphatic rings. The van der Waals surface area contributed by atoms with Crippen LogP contribution < -0.4 is 0 Å². The molecule has 0 aromatic heterocycles. The van der Waals surface area contributed by atoms with Crippen molar-refractivity contribution in [3.05, 3.63) is 35.4 Å². The molecular weight excluding hydrogens is 404 g/mol. The Labute approximate surface area is 173 Å². The highest BCUT2D eigenvalue weighted by molar-refractivity contribution is 8.22. The van der Waals surface area contributed by atoms with E-state index in [4.69, 9.17) is 24.4 Å². The van der Waals surface area contributed by atoms with Crippen LogP contribution in [0.1, 0.15) is 36.8 Å². The van der Waals surface area contributed by atoms with E-state index in [0.717, 1.165) is 37.4 Å². The second-order valence-corrected chi connectivity index (χ2v) is 9.44. The molecule has 0 N–H and O–H groups in total. The Kier molecular flexibility index (Phi) is 7.08. The Morgan fingerprint density at radius 1 is 0.808 bits per heavy atom. The molecule has 0 spiro atoms. The molecule has 0 atom stereocenters. The summed E-state index contributed by atoms with van der Waals surface area (Å²) in [6.45, 7) is 1.50. The van der Waals surface area contributed by atoms with Crippen LogP contribution >= 0.6 is 48.0 Å². The van der Waals surface area contributed by atoms with E-state index < -0.39 is 0 Å². The van der Waals surface area contributed by atoms with Crippen LogP contribution in [-0.4, -0.2) is 43.3 Å². The van der Waals surface area contributed by atoms with Crippen molar-refractivity contribution < 1.29 is 9.59 Å². The van der Waals surface area contributed by atoms with E-state index in [1.807, 2.05) is 0 Å². The third-order valence-corrected chi connectivity index (χ3v) is 7.37. The lowest BCUT2D eigenvalue weighted by atomic mass is 10.2. The minimum atomic E-state index is 0.141. The maximum Gasteiger partial charge on any atom is 0.228 e. The molecule has 2 amide bonds. The third-order valence-electron chi connectivity index (χ3n) is 4.34. The Bertz CT molecular complexity index is 659. The van der Waals surface area contributed by atoms with Gasteiger partial charge in [0.15, 0.2) is 0 Å². The first kappa shape index (κ1) is 19.8. The SMILES string of the molecule is O=C1CCCN1C(=S)SCc1ccc(CSC(=S)N2CCCC2=O)cc1. The number of hydrogen-bond acceptors (Lipinski definition) is 6. The van der Waals surface area contributed by atoms with Crippen molar-refractivity contribution in [3.63, 3.8) is 0 Å². The van der Waals surface area contributed by atoms with Gasteiger partial charge in [0.05, 0.1) is 0 Å². The van der Waals surface area contributed by atoms with Gasteiger partial charge in [0, 0.05) is 37.4 Å². The van der Waals surface area contributed by atoms with Crippen LogP contribution in [0.3, 0.4) is 0 Å². The fraction of sp³-hybridized carbons (Fsp3) is 0.444. The van der Waals surface area contributed by atoms with Crippen molar-refractivity contribution in [2.75, 3.05) is 13.1 Å². The summed E-state index contributed by atoms with van der Waals surface area (Å²) in [5.74, 6) is 1.80. The van der Waals surface area contributed by atoms with Crippen LogP contribution in [0, 0.1) is 0 Å². The average Bonchev–Trinajstić information content (AvgIpc) is 3.26. The Balaban J connectivity index is 1.44. The van der Waals surface area contributed by atoms with Gasteiger partial charge in [0.1, 0.15) is 8.64 Å². The fourth-order valence-electron chi connectivity index (χ4n) is 2.86. The number of thiocarbonyl (C=S) groups is 2. The minimum Gasteiger partial charge on any atom is -0.298 e. The molecule has 26 heavy (non-hydrogen) atoms. The molecular formula is C18H20N2O2S4. The topological polar surface area (TPSA) is 40.6 Å². The zero-order chi connectivity index (χ0) is 18.5. The predicted molar refractivity (Wildman–Crippen MR) is 116 cm³/mol. The maximum absolute atomic E-state index is 11.7. The number of benzene rings is 1. The zero-order valence-electron chi connectivity index (χ0n) is 14.3. The number of amides is 2. The summed E-state index contributed by atoms with van der Waals surface area (Å²) in [5, 5.41) is 0. The molecule has 2 fully saturated rings. The van der Waals surface area contributed by atoms with E-state index in [2.05, 4.69) is 24.3 Å². The molecule has 138 valence electrons. The van der Waals surface area contributed by atoms with Crippen molar-refractivity contribution in [2.45, 2.75) is 37.2 Å². The maximum atomic E-state index is 11.7. The lowest BCUT2D eigenvalue weighted by Crippen LogP contribution is -2.28. The molecule has 0 bridgehead atoms. The molecule has 0 aliphatic carbocycles. The fourth-order valence-corrected chi connectivity index (χ4v) is 5.26. The number of carbonyl (C=O) groups is 2. The summed E-state index contributed by atoms with van der Waals surface area (Å²) < 4.78 is 1.35. The Morgan fingerprint density at radius 3 is 1.50 bits per heavy atom. The number of rotatable bonds is 4. The summed E-state index contributed by atoms with van der Waals surface area (Å²) in [6, 6.07) is 8.34. The molecule has 2 aliphatic heterocycles. The summed E-state index contributed by atoms with van der Waals surface area (Å²) in [4.78, 5) is 26.8. The lowest BCUT2D eigenvalue weighted by molar-refractivity contribution is -0.125. The zero-order valence-corrected chi connectivity index (χ0v) is 17.6. The van der Waals surface area contributed by atoms with Crippen molar-refractivity contribution in [3.8, 4) is 0 Å². The molecule has 0 saturated carbocycles. The average molecular weight is 425 g/mol. The summed E-state index contributed by atoms with van der Waals surface area (Å²) in [6.07, 6.45) is 3.02. The number of likely N-dealkylation sites (tertiary alicyclic amines) is 2. The van der Waals surface area contributed by atoms with E-state index in [-0.39, 0.29) is 11.8 Å². The molecule has 0 radical (unpaired) electrons. The molecule has 1 aromatic rings. The molecule has 0 unspecified atom stereocenters. The van der Waals surface area contributed by atoms with Gasteiger partial charge in [-0.1, -0.05) is 72.2 Å². The van der Waals surface area contributed by atoms with E-state index in [1.54, 1.807) is 9.80 Å². The van der Waals surface area contributed by atoms with E-state index in [1.165, 1.54) is 34.7 Å². The van der Waals surface area contributed by atoms with E-state index >= 15 is 0 Å². The van der Waals surface area contributed by atoms with E-state index in [0.29, 0.717) is 21.5 Å². The molecule has 4 nitrogen and oxygen atoms in total. The molecule has 2 saturated heterocycles. The first-order valence-electron chi connectivity index (χ1n) is 8.56. The smallest absolute Gasteiger partial charge is 0.228 e. The highest BCUT2D eigenvalue weighted by atomic mass is 32.2. The number of thioether (sulfide) groups is 2. The lowest BCUT2D eigenvalue weighted by Gasteiger charge is -2.16. The van der Waals surface area contributed by atoms with Gasteiger partial charge < -0.3 is 0 Å². The van der Waals surface area contributed by atoms with Crippen molar-refractivity contribution in [1.82, 2.24) is 9.80 Å². The van der Waals surface area contributed by atoms with Crippen molar-refractivity contribution in [1.29, 1.82) is 0 Å². The van der Waals surface area contributed by atoms with Gasteiger partial charge in [-0.25, -0.2) is 0 Å². The number of carbonyl (C=O) groups excluding carboxylic acids is 2. The van der Waals surface area contributed by atoms with Gasteiger partial charge in [0.2, 0.25) is 11.8 Å². The number of nitrogens with zero attached hydrogens (tertiary/aromatic N) is 2. The van der Waals surface area contributed by atoms with Crippen molar-refractivity contribution in [2.24, 2.45) is 0 Å². The highest BCUT2D eigenvalue weighted by Crippen LogP contribution is 2.23. The Morgan fingerprint density at radius 2 is 1.19 bits per heavy atom. The molecule has 3 rings (SSSR count). The van der Waals surface area contributed by atoms with Crippen LogP contribution in [-0.2, 0) is 21.1 Å². The highest BCUT2D eigenvalue weighted by Gasteiger charge is 2.24. The summed E-state index contributed by atoms with van der Waals surface area (Å²) >= 11 is 13.8. The van der Waals surface area contributed by atoms with Crippen LogP contribution in [0.2, 0.25) is 0 Å². The third kappa shape index (κ3) is 5.06. The molecule has 8 heteroatoms. The van der Waals surface area contributed by atoms with Crippen LogP contribution in [0.5, 0.6) is 0 Å². The summed E-state index contributed by atoms with van der Waals surface area (Å²) in [7, 11) is 0. The van der Waals surface area contributed by atoms with Gasteiger partial charge in [-0.2, -0.15) is 0 Å². The molecule has 2 heterocycles. The number of hydrogen-bond donors (Lipinski definition) is 0. The summed E-state index contributed by atoms with van der Waals surface area (Å²) in [5.41, 5.74) is 2.35.